The molecular weight excluding hydrogens is 270 g/mol. The number of phenols is 1. The summed E-state index contributed by atoms with van der Waals surface area (Å²) >= 11 is 0. The Balaban J connectivity index is 2.22. The maximum absolute atomic E-state index is 11.3. The number of rotatable bonds is 3. The number of carboxylic acids is 1. The minimum absolute atomic E-state index is 0.116. The van der Waals surface area contributed by atoms with Crippen LogP contribution in [0.25, 0.3) is 16.9 Å². The lowest BCUT2D eigenvalue weighted by Crippen LogP contribution is -2.03. The van der Waals surface area contributed by atoms with Gasteiger partial charge in [-0.1, -0.05) is 35.5 Å². The van der Waals surface area contributed by atoms with Gasteiger partial charge >= 0.3 is 5.97 Å². The van der Waals surface area contributed by atoms with E-state index < -0.39 is 5.97 Å². The fourth-order valence-corrected chi connectivity index (χ4v) is 2.06. The van der Waals surface area contributed by atoms with Crippen molar-refractivity contribution in [1.82, 2.24) is 15.0 Å². The van der Waals surface area contributed by atoms with E-state index in [0.29, 0.717) is 16.9 Å². The highest BCUT2D eigenvalue weighted by Gasteiger charge is 2.21. The molecule has 0 fully saturated rings. The van der Waals surface area contributed by atoms with E-state index in [1.807, 2.05) is 18.2 Å². The van der Waals surface area contributed by atoms with Gasteiger partial charge in [0.2, 0.25) is 0 Å². The zero-order chi connectivity index (χ0) is 14.8. The number of benzene rings is 2. The van der Waals surface area contributed by atoms with Gasteiger partial charge in [-0.2, -0.15) is 0 Å². The molecular formula is C15H11N3O3. The predicted molar refractivity (Wildman–Crippen MR) is 75.4 cm³/mol. The van der Waals surface area contributed by atoms with Crippen LogP contribution in [0.2, 0.25) is 0 Å². The second kappa shape index (κ2) is 5.09. The lowest BCUT2D eigenvalue weighted by atomic mass is 10.1. The molecule has 0 bridgehead atoms. The summed E-state index contributed by atoms with van der Waals surface area (Å²) in [6.45, 7) is 0. The van der Waals surface area contributed by atoms with Crippen LogP contribution in [0.4, 0.5) is 0 Å². The zero-order valence-electron chi connectivity index (χ0n) is 10.8. The van der Waals surface area contributed by atoms with Crippen LogP contribution < -0.4 is 0 Å². The molecule has 0 saturated carbocycles. The van der Waals surface area contributed by atoms with E-state index in [9.17, 15) is 15.0 Å². The molecule has 0 aliphatic heterocycles. The highest BCUT2D eigenvalue weighted by Crippen LogP contribution is 2.25. The van der Waals surface area contributed by atoms with Crippen LogP contribution in [0.1, 0.15) is 10.5 Å². The van der Waals surface area contributed by atoms with Crippen LogP contribution >= 0.6 is 0 Å². The maximum Gasteiger partial charge on any atom is 0.358 e. The van der Waals surface area contributed by atoms with Gasteiger partial charge in [-0.3, -0.25) is 0 Å². The first-order valence-corrected chi connectivity index (χ1v) is 6.20. The highest BCUT2D eigenvalue weighted by atomic mass is 16.4. The number of carbonyl (C=O) groups is 1. The van der Waals surface area contributed by atoms with Crippen molar-refractivity contribution in [2.75, 3.05) is 0 Å². The largest absolute Gasteiger partial charge is 0.508 e. The molecule has 6 nitrogen and oxygen atoms in total. The number of hydrogen-bond donors (Lipinski definition) is 2. The summed E-state index contributed by atoms with van der Waals surface area (Å²) in [7, 11) is 0. The first-order valence-electron chi connectivity index (χ1n) is 6.20. The summed E-state index contributed by atoms with van der Waals surface area (Å²) < 4.78 is 1.44. The number of carboxylic acid groups (broad SMARTS) is 1. The van der Waals surface area contributed by atoms with Gasteiger partial charge in [0.1, 0.15) is 11.4 Å². The fraction of sp³-hybridized carbons (Fsp3) is 0. The molecule has 6 heteroatoms. The molecule has 0 unspecified atom stereocenters. The topological polar surface area (TPSA) is 88.2 Å². The van der Waals surface area contributed by atoms with Gasteiger partial charge in [0, 0.05) is 5.56 Å². The Bertz CT molecular complexity index is 780. The lowest BCUT2D eigenvalue weighted by molar-refractivity contribution is 0.0691. The molecule has 1 heterocycles. The third kappa shape index (κ3) is 2.34. The number of phenolic OH excluding ortho intramolecular Hbond substituents is 1. The molecule has 0 spiro atoms. The monoisotopic (exact) mass is 281 g/mol. The minimum atomic E-state index is -1.14. The van der Waals surface area contributed by atoms with Crippen molar-refractivity contribution in [3.8, 4) is 22.7 Å². The summed E-state index contributed by atoms with van der Waals surface area (Å²) in [6, 6.07) is 15.4. The molecule has 3 aromatic rings. The van der Waals surface area contributed by atoms with Crippen molar-refractivity contribution in [3.63, 3.8) is 0 Å². The molecule has 21 heavy (non-hydrogen) atoms. The Morgan fingerprint density at radius 2 is 1.67 bits per heavy atom. The molecule has 0 atom stereocenters. The average Bonchev–Trinajstić information content (AvgIpc) is 2.94. The van der Waals surface area contributed by atoms with Crippen molar-refractivity contribution in [1.29, 1.82) is 0 Å². The SMILES string of the molecule is O=C(O)c1nnn(-c2ccc(O)cc2)c1-c1ccccc1. The van der Waals surface area contributed by atoms with E-state index in [-0.39, 0.29) is 11.4 Å². The molecule has 0 aliphatic carbocycles. The van der Waals surface area contributed by atoms with Gasteiger partial charge < -0.3 is 10.2 Å². The van der Waals surface area contributed by atoms with E-state index in [2.05, 4.69) is 10.3 Å². The third-order valence-corrected chi connectivity index (χ3v) is 3.01. The molecule has 0 radical (unpaired) electrons. The van der Waals surface area contributed by atoms with E-state index in [1.165, 1.54) is 16.8 Å². The number of aromatic hydroxyl groups is 1. The third-order valence-electron chi connectivity index (χ3n) is 3.01. The average molecular weight is 281 g/mol. The molecule has 0 saturated heterocycles. The number of aromatic carboxylic acids is 1. The Morgan fingerprint density at radius 1 is 1.00 bits per heavy atom. The van der Waals surface area contributed by atoms with Crippen LogP contribution in [0, 0.1) is 0 Å². The molecule has 2 aromatic carbocycles. The van der Waals surface area contributed by atoms with Crippen LogP contribution in [0.5, 0.6) is 5.75 Å². The lowest BCUT2D eigenvalue weighted by Gasteiger charge is -2.07. The Hall–Kier alpha value is -3.15. The van der Waals surface area contributed by atoms with Crippen molar-refractivity contribution in [2.45, 2.75) is 0 Å². The smallest absolute Gasteiger partial charge is 0.358 e. The summed E-state index contributed by atoms with van der Waals surface area (Å²) in [5, 5.41) is 26.3. The molecule has 104 valence electrons. The predicted octanol–water partition coefficient (Wildman–Crippen LogP) is 2.34. The van der Waals surface area contributed by atoms with E-state index >= 15 is 0 Å². The molecule has 0 amide bonds. The van der Waals surface area contributed by atoms with Crippen LogP contribution in [-0.4, -0.2) is 31.2 Å². The Kier molecular flexibility index (Phi) is 3.12. The maximum atomic E-state index is 11.3. The van der Waals surface area contributed by atoms with Crippen molar-refractivity contribution in [3.05, 3.63) is 60.3 Å². The number of nitrogens with zero attached hydrogens (tertiary/aromatic N) is 3. The number of hydrogen-bond acceptors (Lipinski definition) is 4. The molecule has 2 N–H and O–H groups in total. The quantitative estimate of drug-likeness (QED) is 0.769. The van der Waals surface area contributed by atoms with Crippen molar-refractivity contribution < 1.29 is 15.0 Å². The molecule has 0 aliphatic rings. The standard InChI is InChI=1S/C15H11N3O3/c19-12-8-6-11(7-9-12)18-14(10-4-2-1-3-5-10)13(15(20)21)16-17-18/h1-9,19H,(H,20,21). The van der Waals surface area contributed by atoms with Gasteiger partial charge in [0.15, 0.2) is 5.69 Å². The van der Waals surface area contributed by atoms with Gasteiger partial charge in [-0.15, -0.1) is 5.10 Å². The second-order valence-corrected chi connectivity index (χ2v) is 4.39. The van der Waals surface area contributed by atoms with Crippen LogP contribution in [0.15, 0.2) is 54.6 Å². The summed E-state index contributed by atoms with van der Waals surface area (Å²) in [5.74, 6) is -1.02. The fourth-order valence-electron chi connectivity index (χ4n) is 2.06. The normalized spacial score (nSPS) is 10.5. The first-order chi connectivity index (χ1) is 10.2. The number of aromatic nitrogens is 3. The summed E-state index contributed by atoms with van der Waals surface area (Å²) in [4.78, 5) is 11.3. The van der Waals surface area contributed by atoms with Crippen LogP contribution in [0.3, 0.4) is 0 Å². The van der Waals surface area contributed by atoms with Crippen molar-refractivity contribution >= 4 is 5.97 Å². The second-order valence-electron chi connectivity index (χ2n) is 4.39. The Morgan fingerprint density at radius 3 is 2.29 bits per heavy atom. The highest BCUT2D eigenvalue weighted by molar-refractivity contribution is 5.93. The van der Waals surface area contributed by atoms with E-state index in [0.717, 1.165) is 0 Å². The van der Waals surface area contributed by atoms with Gasteiger partial charge in [0.05, 0.1) is 5.69 Å². The van der Waals surface area contributed by atoms with Gasteiger partial charge in [-0.05, 0) is 24.3 Å². The van der Waals surface area contributed by atoms with Gasteiger partial charge in [0.25, 0.3) is 0 Å². The van der Waals surface area contributed by atoms with Crippen molar-refractivity contribution in [2.24, 2.45) is 0 Å². The van der Waals surface area contributed by atoms with Gasteiger partial charge in [-0.25, -0.2) is 9.48 Å². The zero-order valence-corrected chi connectivity index (χ0v) is 10.8. The summed E-state index contributed by atoms with van der Waals surface area (Å²) in [5.41, 5.74) is 1.60. The van der Waals surface area contributed by atoms with E-state index in [1.54, 1.807) is 24.3 Å². The minimum Gasteiger partial charge on any atom is -0.508 e. The first kappa shape index (κ1) is 12.9. The summed E-state index contributed by atoms with van der Waals surface area (Å²) in [6.07, 6.45) is 0. The molecule has 1 aromatic heterocycles. The Labute approximate surface area is 119 Å². The van der Waals surface area contributed by atoms with Crippen LogP contribution in [-0.2, 0) is 0 Å². The molecule has 3 rings (SSSR count). The van der Waals surface area contributed by atoms with E-state index in [4.69, 9.17) is 0 Å².